The van der Waals surface area contributed by atoms with E-state index in [0.717, 1.165) is 35.0 Å². The van der Waals surface area contributed by atoms with Gasteiger partial charge in [-0.3, -0.25) is 14.3 Å². The molecule has 5 aromatic rings. The molecule has 2 aromatic carbocycles. The Morgan fingerprint density at radius 3 is 2.74 bits per heavy atom. The summed E-state index contributed by atoms with van der Waals surface area (Å²) in [7, 11) is 0. The van der Waals surface area contributed by atoms with Crippen molar-refractivity contribution in [3.05, 3.63) is 77.7 Å². The second kappa shape index (κ2) is 10.3. The average Bonchev–Trinajstić information content (AvgIpc) is 3.59. The fraction of sp³-hybridized carbons (Fsp3) is 0.250. The molecule has 4 heterocycles. The van der Waals surface area contributed by atoms with Crippen LogP contribution in [0.2, 0.25) is 0 Å². The summed E-state index contributed by atoms with van der Waals surface area (Å²) >= 11 is 0. The van der Waals surface area contributed by atoms with E-state index >= 15 is 0 Å². The lowest BCUT2D eigenvalue weighted by atomic mass is 10.1. The van der Waals surface area contributed by atoms with Crippen molar-refractivity contribution in [1.29, 1.82) is 0 Å². The van der Waals surface area contributed by atoms with Crippen molar-refractivity contribution in [2.24, 2.45) is 0 Å². The van der Waals surface area contributed by atoms with Crippen LogP contribution in [-0.2, 0) is 4.79 Å². The first-order valence-corrected chi connectivity index (χ1v) is 12.8. The van der Waals surface area contributed by atoms with Gasteiger partial charge in [-0.15, -0.1) is 0 Å². The zero-order valence-corrected chi connectivity index (χ0v) is 21.5. The Hall–Kier alpha value is -4.73. The van der Waals surface area contributed by atoms with Crippen LogP contribution in [0.4, 0.5) is 5.82 Å². The number of piperidine rings is 1. The molecule has 0 aliphatic carbocycles. The van der Waals surface area contributed by atoms with Crippen LogP contribution in [0.1, 0.15) is 32.7 Å². The topological polar surface area (TPSA) is 128 Å². The number of fused-ring (bicyclic) bond motifs is 2. The van der Waals surface area contributed by atoms with Crippen molar-refractivity contribution < 1.29 is 4.79 Å². The molecule has 1 aliphatic rings. The maximum atomic E-state index is 12.9. The Kier molecular flexibility index (Phi) is 6.78. The fourth-order valence-corrected chi connectivity index (χ4v) is 5.02. The molecule has 1 atom stereocenters. The van der Waals surface area contributed by atoms with E-state index in [9.17, 15) is 9.59 Å². The summed E-state index contributed by atoms with van der Waals surface area (Å²) in [6.45, 7) is 8.68. The molecule has 0 radical (unpaired) electrons. The first-order valence-electron chi connectivity index (χ1n) is 12.8. The minimum atomic E-state index is -0.372. The van der Waals surface area contributed by atoms with Crippen molar-refractivity contribution in [2.45, 2.75) is 32.7 Å². The molecule has 10 nitrogen and oxygen atoms in total. The minimum absolute atomic E-state index is 0.132. The van der Waals surface area contributed by atoms with E-state index in [1.165, 1.54) is 6.08 Å². The van der Waals surface area contributed by atoms with E-state index in [0.29, 0.717) is 29.7 Å². The number of rotatable bonds is 4. The summed E-state index contributed by atoms with van der Waals surface area (Å²) in [5.74, 6) is 0.0631. The van der Waals surface area contributed by atoms with E-state index in [-0.39, 0.29) is 23.3 Å². The summed E-state index contributed by atoms with van der Waals surface area (Å²) in [5.41, 5.74) is 9.53. The predicted molar refractivity (Wildman–Crippen MR) is 149 cm³/mol. The standard InChI is InChI=1S/C26H24N8O2.C2H6/c1-2-21(35)32-12-6-9-19(15-32)34-24-22(25(27)29-30-26(24)36)23(31-34)16-10-11-20-17(13-16)14-28-33(20)18-7-4-3-5-8-18;1-2/h2-5,7-8,10-11,13-14,19H,1,6,9,12,15H2,(H2,27,29)(H,30,36);1-2H3/t19-;/m1./s1. The maximum Gasteiger partial charge on any atom is 0.290 e. The van der Waals surface area contributed by atoms with Gasteiger partial charge in [-0.1, -0.05) is 44.7 Å². The normalized spacial score (nSPS) is 15.3. The van der Waals surface area contributed by atoms with Gasteiger partial charge in [0.15, 0.2) is 5.82 Å². The monoisotopic (exact) mass is 510 g/mol. The Morgan fingerprint density at radius 1 is 1.18 bits per heavy atom. The first-order chi connectivity index (χ1) is 18.5. The number of H-pyrrole nitrogens is 1. The number of nitrogens with zero attached hydrogens (tertiary/aromatic N) is 6. The maximum absolute atomic E-state index is 12.9. The van der Waals surface area contributed by atoms with Crippen molar-refractivity contribution in [3.63, 3.8) is 0 Å². The van der Waals surface area contributed by atoms with Crippen LogP contribution in [0.25, 0.3) is 38.8 Å². The Labute approximate surface area is 219 Å². The van der Waals surface area contributed by atoms with Crippen molar-refractivity contribution in [1.82, 2.24) is 34.7 Å². The van der Waals surface area contributed by atoms with Gasteiger partial charge in [0, 0.05) is 24.0 Å². The van der Waals surface area contributed by atoms with Gasteiger partial charge in [-0.2, -0.15) is 15.3 Å². The molecular weight excluding hydrogens is 480 g/mol. The van der Waals surface area contributed by atoms with E-state index in [1.54, 1.807) is 15.8 Å². The van der Waals surface area contributed by atoms with E-state index in [2.05, 4.69) is 21.9 Å². The summed E-state index contributed by atoms with van der Waals surface area (Å²) in [5, 5.41) is 17.4. The Bertz CT molecular complexity index is 1680. The number of nitrogens with two attached hydrogens (primary N) is 1. The number of nitrogens with one attached hydrogen (secondary N) is 1. The number of aromatic amines is 1. The zero-order chi connectivity index (χ0) is 26.8. The zero-order valence-electron chi connectivity index (χ0n) is 21.5. The lowest BCUT2D eigenvalue weighted by Crippen LogP contribution is -2.40. The van der Waals surface area contributed by atoms with Crippen LogP contribution < -0.4 is 11.3 Å². The molecular formula is C28H30N8O2. The molecule has 6 rings (SSSR count). The van der Waals surface area contributed by atoms with E-state index < -0.39 is 0 Å². The van der Waals surface area contributed by atoms with Gasteiger partial charge >= 0.3 is 0 Å². The highest BCUT2D eigenvalue weighted by Crippen LogP contribution is 2.34. The van der Waals surface area contributed by atoms with Gasteiger partial charge < -0.3 is 10.6 Å². The second-order valence-corrected chi connectivity index (χ2v) is 8.90. The minimum Gasteiger partial charge on any atom is -0.382 e. The molecule has 1 aliphatic heterocycles. The molecule has 3 aromatic heterocycles. The highest BCUT2D eigenvalue weighted by atomic mass is 16.2. The van der Waals surface area contributed by atoms with Gasteiger partial charge in [0.05, 0.1) is 28.8 Å². The molecule has 0 bridgehead atoms. The number of aromatic nitrogens is 6. The molecule has 0 unspecified atom stereocenters. The smallest absolute Gasteiger partial charge is 0.290 e. The summed E-state index contributed by atoms with van der Waals surface area (Å²) in [6.07, 6.45) is 4.69. The van der Waals surface area contributed by atoms with Crippen LogP contribution >= 0.6 is 0 Å². The van der Waals surface area contributed by atoms with E-state index in [1.807, 2.05) is 67.1 Å². The van der Waals surface area contributed by atoms with Crippen molar-refractivity contribution >= 4 is 33.5 Å². The summed E-state index contributed by atoms with van der Waals surface area (Å²) < 4.78 is 3.59. The molecule has 10 heteroatoms. The van der Waals surface area contributed by atoms with E-state index in [4.69, 9.17) is 10.8 Å². The number of hydrogen-bond donors (Lipinski definition) is 2. The number of carbonyl (C=O) groups excluding carboxylic acids is 1. The molecule has 38 heavy (non-hydrogen) atoms. The third-order valence-corrected chi connectivity index (χ3v) is 6.73. The first kappa shape index (κ1) is 24.9. The quantitative estimate of drug-likeness (QED) is 0.351. The molecule has 0 saturated carbocycles. The van der Waals surface area contributed by atoms with Crippen LogP contribution in [0, 0.1) is 0 Å². The number of amides is 1. The number of likely N-dealkylation sites (tertiary alicyclic amines) is 1. The van der Waals surface area contributed by atoms with Crippen LogP contribution in [0.15, 0.2) is 72.2 Å². The highest BCUT2D eigenvalue weighted by molar-refractivity contribution is 6.01. The lowest BCUT2D eigenvalue weighted by molar-refractivity contribution is -0.127. The molecule has 1 amide bonds. The molecule has 1 fully saturated rings. The van der Waals surface area contributed by atoms with Crippen molar-refractivity contribution in [3.8, 4) is 16.9 Å². The third kappa shape index (κ3) is 4.23. The SMILES string of the molecule is C=CC(=O)N1CCC[C@@H](n2nc(-c3ccc4c(cnn4-c4ccccc4)c3)c3c(N)n[nH]c(=O)c32)C1.CC. The average molecular weight is 511 g/mol. The highest BCUT2D eigenvalue weighted by Gasteiger charge is 2.28. The Balaban J connectivity index is 0.00000144. The summed E-state index contributed by atoms with van der Waals surface area (Å²) in [6, 6.07) is 15.7. The van der Waals surface area contributed by atoms with Gasteiger partial charge in [0.1, 0.15) is 11.2 Å². The van der Waals surface area contributed by atoms with Gasteiger partial charge in [0.25, 0.3) is 5.56 Å². The lowest BCUT2D eigenvalue weighted by Gasteiger charge is -2.32. The predicted octanol–water partition coefficient (Wildman–Crippen LogP) is 4.08. The summed E-state index contributed by atoms with van der Waals surface area (Å²) in [4.78, 5) is 26.9. The number of nitrogen functional groups attached to an aromatic ring is 1. The number of hydrogen-bond acceptors (Lipinski definition) is 6. The number of carbonyl (C=O) groups is 1. The van der Waals surface area contributed by atoms with Gasteiger partial charge in [-0.05, 0) is 43.2 Å². The molecule has 0 spiro atoms. The Morgan fingerprint density at radius 2 is 1.97 bits per heavy atom. The van der Waals surface area contributed by atoms with Gasteiger partial charge in [-0.25, -0.2) is 9.78 Å². The fourth-order valence-electron chi connectivity index (χ4n) is 5.02. The second-order valence-electron chi connectivity index (χ2n) is 8.90. The third-order valence-electron chi connectivity index (χ3n) is 6.73. The largest absolute Gasteiger partial charge is 0.382 e. The molecule has 194 valence electrons. The molecule has 1 saturated heterocycles. The van der Waals surface area contributed by atoms with Crippen molar-refractivity contribution in [2.75, 3.05) is 18.8 Å². The van der Waals surface area contributed by atoms with Crippen LogP contribution in [0.5, 0.6) is 0 Å². The van der Waals surface area contributed by atoms with Crippen LogP contribution in [0.3, 0.4) is 0 Å². The number of anilines is 1. The number of para-hydroxylation sites is 1. The van der Waals surface area contributed by atoms with Crippen LogP contribution in [-0.4, -0.2) is 53.7 Å². The number of benzene rings is 2. The van der Waals surface area contributed by atoms with Gasteiger partial charge in [0.2, 0.25) is 5.91 Å². The molecule has 3 N–H and O–H groups in total.